The minimum atomic E-state index is -0.641. The van der Waals surface area contributed by atoms with Crippen LogP contribution >= 0.6 is 0 Å². The third-order valence-electron chi connectivity index (χ3n) is 4.47. The second-order valence-electron chi connectivity index (χ2n) is 6.01. The van der Waals surface area contributed by atoms with Crippen molar-refractivity contribution in [2.75, 3.05) is 6.54 Å². The van der Waals surface area contributed by atoms with Gasteiger partial charge in [-0.25, -0.2) is 4.79 Å². The molecule has 1 aliphatic heterocycles. The van der Waals surface area contributed by atoms with E-state index in [0.29, 0.717) is 13.0 Å². The van der Waals surface area contributed by atoms with Crippen molar-refractivity contribution in [1.82, 2.24) is 10.2 Å². The maximum absolute atomic E-state index is 11.8. The number of hydrogen-bond donors (Lipinski definition) is 1. The number of imide groups is 1. The summed E-state index contributed by atoms with van der Waals surface area (Å²) in [5.74, 6) is -0.149. The molecule has 3 amide bonds. The third kappa shape index (κ3) is 4.22. The summed E-state index contributed by atoms with van der Waals surface area (Å²) in [6.07, 6.45) is 10.6. The molecule has 20 heavy (non-hydrogen) atoms. The number of carbonyl (C=O) groups is 2. The first-order chi connectivity index (χ1) is 9.56. The van der Waals surface area contributed by atoms with E-state index in [4.69, 9.17) is 0 Å². The van der Waals surface area contributed by atoms with E-state index in [1.165, 1.54) is 38.5 Å². The second-order valence-corrected chi connectivity index (χ2v) is 6.01. The van der Waals surface area contributed by atoms with Gasteiger partial charge in [-0.3, -0.25) is 10.1 Å². The van der Waals surface area contributed by atoms with Crippen molar-refractivity contribution in [1.29, 1.82) is 0 Å². The van der Waals surface area contributed by atoms with E-state index in [9.17, 15) is 9.59 Å². The Morgan fingerprint density at radius 3 is 2.05 bits per heavy atom. The van der Waals surface area contributed by atoms with Crippen LogP contribution in [0.1, 0.15) is 78.6 Å². The quantitative estimate of drug-likeness (QED) is 0.489. The number of rotatable bonds is 10. The fraction of sp³-hybridized carbons (Fsp3) is 0.875. The third-order valence-corrected chi connectivity index (χ3v) is 4.47. The highest BCUT2D eigenvalue weighted by Crippen LogP contribution is 2.25. The van der Waals surface area contributed by atoms with Crippen LogP contribution in [0.15, 0.2) is 0 Å². The lowest BCUT2D eigenvalue weighted by Gasteiger charge is -2.30. The summed E-state index contributed by atoms with van der Waals surface area (Å²) >= 11 is 0. The molecule has 0 aromatic rings. The van der Waals surface area contributed by atoms with Gasteiger partial charge in [-0.1, -0.05) is 58.8 Å². The van der Waals surface area contributed by atoms with E-state index in [2.05, 4.69) is 12.2 Å². The molecule has 0 aliphatic carbocycles. The van der Waals surface area contributed by atoms with Crippen LogP contribution in [0.25, 0.3) is 0 Å². The van der Waals surface area contributed by atoms with Crippen LogP contribution in [0, 0.1) is 0 Å². The topological polar surface area (TPSA) is 49.4 Å². The standard InChI is InChI=1S/C16H30N2O2/c1-4-6-7-8-9-10-11-12-13-18-15(20)17-14(19)16(18,3)5-2/h4-13H2,1-3H3,(H,17,19,20). The highest BCUT2D eigenvalue weighted by molar-refractivity contribution is 6.06. The first kappa shape index (κ1) is 17.0. The zero-order valence-electron chi connectivity index (χ0n) is 13.3. The van der Waals surface area contributed by atoms with E-state index >= 15 is 0 Å². The van der Waals surface area contributed by atoms with Crippen LogP contribution in [0.2, 0.25) is 0 Å². The minimum Gasteiger partial charge on any atom is -0.310 e. The van der Waals surface area contributed by atoms with Gasteiger partial charge in [0.05, 0.1) is 0 Å². The van der Waals surface area contributed by atoms with Crippen molar-refractivity contribution in [2.24, 2.45) is 0 Å². The SMILES string of the molecule is CCCCCCCCCCN1C(=O)NC(=O)C1(C)CC. The number of carbonyl (C=O) groups excluding carboxylic acids is 2. The lowest BCUT2D eigenvalue weighted by Crippen LogP contribution is -2.46. The number of urea groups is 1. The van der Waals surface area contributed by atoms with Gasteiger partial charge in [-0.05, 0) is 19.8 Å². The summed E-state index contributed by atoms with van der Waals surface area (Å²) in [4.78, 5) is 25.3. The van der Waals surface area contributed by atoms with E-state index < -0.39 is 5.54 Å². The first-order valence-electron chi connectivity index (χ1n) is 8.19. The number of nitrogens with one attached hydrogen (secondary N) is 1. The smallest absolute Gasteiger partial charge is 0.310 e. The minimum absolute atomic E-state index is 0.149. The molecule has 1 saturated heterocycles. The van der Waals surface area contributed by atoms with Crippen LogP contribution < -0.4 is 5.32 Å². The molecule has 0 aromatic heterocycles. The van der Waals surface area contributed by atoms with Crippen molar-refractivity contribution in [3.8, 4) is 0 Å². The molecule has 4 heteroatoms. The van der Waals surface area contributed by atoms with Gasteiger partial charge < -0.3 is 4.90 Å². The Kier molecular flexibility index (Phi) is 7.03. The van der Waals surface area contributed by atoms with Gasteiger partial charge in [0.15, 0.2) is 0 Å². The Labute approximate surface area is 123 Å². The molecule has 4 nitrogen and oxygen atoms in total. The molecule has 116 valence electrons. The average Bonchev–Trinajstić information content (AvgIpc) is 2.65. The highest BCUT2D eigenvalue weighted by atomic mass is 16.2. The predicted octanol–water partition coefficient (Wildman–Crippen LogP) is 3.85. The molecule has 1 fully saturated rings. The van der Waals surface area contributed by atoms with Crippen molar-refractivity contribution in [2.45, 2.75) is 84.1 Å². The fourth-order valence-corrected chi connectivity index (χ4v) is 2.75. The van der Waals surface area contributed by atoms with E-state index in [0.717, 1.165) is 12.8 Å². The normalized spacial score (nSPS) is 22.4. The number of nitrogens with zero attached hydrogens (tertiary/aromatic N) is 1. The molecule has 0 radical (unpaired) electrons. The van der Waals surface area contributed by atoms with Gasteiger partial charge in [0.25, 0.3) is 5.91 Å². The molecule has 0 saturated carbocycles. The van der Waals surface area contributed by atoms with Gasteiger partial charge >= 0.3 is 6.03 Å². The molecule has 0 bridgehead atoms. The lowest BCUT2D eigenvalue weighted by molar-refractivity contribution is -0.126. The van der Waals surface area contributed by atoms with Crippen LogP contribution in [0.4, 0.5) is 4.79 Å². The van der Waals surface area contributed by atoms with E-state index in [1.54, 1.807) is 4.90 Å². The number of amides is 3. The second kappa shape index (κ2) is 8.28. The van der Waals surface area contributed by atoms with Crippen molar-refractivity contribution >= 4 is 11.9 Å². The molecular formula is C16H30N2O2. The predicted molar refractivity (Wildman–Crippen MR) is 81.6 cm³/mol. The number of unbranched alkanes of at least 4 members (excludes halogenated alkanes) is 7. The first-order valence-corrected chi connectivity index (χ1v) is 8.19. The van der Waals surface area contributed by atoms with Gasteiger partial charge in [0.2, 0.25) is 0 Å². The largest absolute Gasteiger partial charge is 0.325 e. The maximum atomic E-state index is 11.8. The van der Waals surface area contributed by atoms with Gasteiger partial charge in [0.1, 0.15) is 5.54 Å². The van der Waals surface area contributed by atoms with Gasteiger partial charge in [0, 0.05) is 6.54 Å². The molecule has 1 atom stereocenters. The Hall–Kier alpha value is -1.06. The molecule has 0 aromatic carbocycles. The Morgan fingerprint density at radius 2 is 1.50 bits per heavy atom. The Bertz CT molecular complexity index is 330. The van der Waals surface area contributed by atoms with Gasteiger partial charge in [-0.2, -0.15) is 0 Å². The molecule has 0 spiro atoms. The molecular weight excluding hydrogens is 252 g/mol. The Balaban J connectivity index is 2.21. The van der Waals surface area contributed by atoms with E-state index in [1.807, 2.05) is 13.8 Å². The van der Waals surface area contributed by atoms with Crippen LogP contribution in [0.3, 0.4) is 0 Å². The fourth-order valence-electron chi connectivity index (χ4n) is 2.75. The van der Waals surface area contributed by atoms with Crippen LogP contribution in [-0.2, 0) is 4.79 Å². The summed E-state index contributed by atoms with van der Waals surface area (Å²) in [6, 6.07) is -0.220. The monoisotopic (exact) mass is 282 g/mol. The van der Waals surface area contributed by atoms with Gasteiger partial charge in [-0.15, -0.1) is 0 Å². The molecule has 1 aliphatic rings. The van der Waals surface area contributed by atoms with E-state index in [-0.39, 0.29) is 11.9 Å². The molecule has 1 N–H and O–H groups in total. The molecule has 1 heterocycles. The lowest BCUT2D eigenvalue weighted by atomic mass is 9.97. The molecule has 1 unspecified atom stereocenters. The van der Waals surface area contributed by atoms with Crippen molar-refractivity contribution in [3.63, 3.8) is 0 Å². The number of hydrogen-bond acceptors (Lipinski definition) is 2. The summed E-state index contributed by atoms with van der Waals surface area (Å²) in [6.45, 7) is 6.74. The summed E-state index contributed by atoms with van der Waals surface area (Å²) in [5, 5.41) is 2.43. The summed E-state index contributed by atoms with van der Waals surface area (Å²) < 4.78 is 0. The summed E-state index contributed by atoms with van der Waals surface area (Å²) in [5.41, 5.74) is -0.641. The van der Waals surface area contributed by atoms with Crippen molar-refractivity contribution < 1.29 is 9.59 Å². The Morgan fingerprint density at radius 1 is 0.950 bits per heavy atom. The molecule has 1 rings (SSSR count). The average molecular weight is 282 g/mol. The highest BCUT2D eigenvalue weighted by Gasteiger charge is 2.47. The van der Waals surface area contributed by atoms with Crippen LogP contribution in [0.5, 0.6) is 0 Å². The van der Waals surface area contributed by atoms with Crippen LogP contribution in [-0.4, -0.2) is 28.9 Å². The van der Waals surface area contributed by atoms with Crippen molar-refractivity contribution in [3.05, 3.63) is 0 Å². The maximum Gasteiger partial charge on any atom is 0.325 e. The zero-order valence-corrected chi connectivity index (χ0v) is 13.3. The zero-order chi connectivity index (χ0) is 15.0. The summed E-state index contributed by atoms with van der Waals surface area (Å²) in [7, 11) is 0.